The molecule has 0 spiro atoms. The van der Waals surface area contributed by atoms with Crippen molar-refractivity contribution in [3.63, 3.8) is 0 Å². The lowest BCUT2D eigenvalue weighted by Crippen LogP contribution is -2.74. The first-order chi connectivity index (χ1) is 11.9. The number of ketones is 1. The van der Waals surface area contributed by atoms with E-state index in [0.717, 1.165) is 0 Å². The summed E-state index contributed by atoms with van der Waals surface area (Å²) >= 11 is 0. The number of rotatable bonds is 1. The van der Waals surface area contributed by atoms with Crippen molar-refractivity contribution in [2.75, 3.05) is 0 Å². The number of fused-ring (bicyclic) bond motifs is 1. The number of aliphatic hydroxyl groups is 3. The minimum Gasteiger partial charge on any atom is -0.424 e. The van der Waals surface area contributed by atoms with Crippen LogP contribution >= 0.6 is 0 Å². The summed E-state index contributed by atoms with van der Waals surface area (Å²) in [4.78, 5) is 26.3. The van der Waals surface area contributed by atoms with Gasteiger partial charge in [-0.2, -0.15) is 0 Å². The molecule has 6 nitrogen and oxygen atoms in total. The second kappa shape index (κ2) is 4.66. The predicted octanol–water partition coefficient (Wildman–Crippen LogP) is 1.24. The van der Waals surface area contributed by atoms with Crippen LogP contribution in [0.4, 0.5) is 0 Å². The van der Waals surface area contributed by atoms with Crippen molar-refractivity contribution in [3.05, 3.63) is 24.3 Å². The van der Waals surface area contributed by atoms with Crippen molar-refractivity contribution >= 4 is 11.8 Å². The number of ether oxygens (including phenoxy) is 1. The minimum atomic E-state index is -2.31. The van der Waals surface area contributed by atoms with E-state index in [1.807, 2.05) is 13.8 Å². The Balaban J connectivity index is 2.07. The molecule has 2 bridgehead atoms. The number of aliphatic hydroxyl groups excluding tert-OH is 1. The van der Waals surface area contributed by atoms with Crippen LogP contribution in [-0.2, 0) is 14.3 Å². The van der Waals surface area contributed by atoms with Crippen molar-refractivity contribution in [2.45, 2.75) is 63.9 Å². The molecule has 0 aromatic rings. The summed E-state index contributed by atoms with van der Waals surface area (Å²) in [5, 5.41) is 34.0. The standard InChI is InChI=1S/C20H26O6/c1-5-17(4)9-11-13(22)20(25)14-16(2,3)7-6-8-18(14,15(23)26-20)19(11,24)12(21)10-17/h5,9,12,14,21,24-25H,1,6-8,10H2,2-4H3/t12-,14?,17-,18+,19+,20-/m1/s1. The van der Waals surface area contributed by atoms with Crippen LogP contribution in [0.5, 0.6) is 0 Å². The Morgan fingerprint density at radius 2 is 1.88 bits per heavy atom. The van der Waals surface area contributed by atoms with Crippen molar-refractivity contribution in [2.24, 2.45) is 22.2 Å². The van der Waals surface area contributed by atoms with Gasteiger partial charge >= 0.3 is 5.97 Å². The first-order valence-electron chi connectivity index (χ1n) is 9.17. The molecule has 4 aliphatic rings. The molecule has 26 heavy (non-hydrogen) atoms. The quantitative estimate of drug-likeness (QED) is 0.479. The summed E-state index contributed by atoms with van der Waals surface area (Å²) in [6.07, 6.45) is 3.49. The monoisotopic (exact) mass is 362 g/mol. The predicted molar refractivity (Wildman–Crippen MR) is 91.6 cm³/mol. The van der Waals surface area contributed by atoms with E-state index in [4.69, 9.17) is 4.74 Å². The molecule has 6 heteroatoms. The summed E-state index contributed by atoms with van der Waals surface area (Å²) in [6, 6.07) is 0. The molecule has 0 radical (unpaired) electrons. The molecule has 1 unspecified atom stereocenters. The molecular weight excluding hydrogens is 336 g/mol. The number of allylic oxidation sites excluding steroid dienone is 2. The summed E-state index contributed by atoms with van der Waals surface area (Å²) in [7, 11) is 0. The van der Waals surface area contributed by atoms with E-state index in [9.17, 15) is 24.9 Å². The molecule has 0 amide bonds. The molecule has 1 saturated heterocycles. The van der Waals surface area contributed by atoms with Crippen LogP contribution < -0.4 is 0 Å². The van der Waals surface area contributed by atoms with Crippen LogP contribution in [0.3, 0.4) is 0 Å². The summed E-state index contributed by atoms with van der Waals surface area (Å²) in [6.45, 7) is 9.28. The van der Waals surface area contributed by atoms with E-state index in [-0.39, 0.29) is 18.4 Å². The van der Waals surface area contributed by atoms with Gasteiger partial charge < -0.3 is 20.1 Å². The molecule has 3 fully saturated rings. The van der Waals surface area contributed by atoms with Crippen LogP contribution in [-0.4, -0.2) is 44.6 Å². The molecule has 1 aliphatic heterocycles. The van der Waals surface area contributed by atoms with Gasteiger partial charge in [0.1, 0.15) is 11.0 Å². The third-order valence-corrected chi connectivity index (χ3v) is 7.39. The maximum Gasteiger partial charge on any atom is 0.318 e. The van der Waals surface area contributed by atoms with Gasteiger partial charge in [-0.1, -0.05) is 39.3 Å². The number of hydrogen-bond donors (Lipinski definition) is 3. The van der Waals surface area contributed by atoms with Crippen molar-refractivity contribution < 1.29 is 29.6 Å². The van der Waals surface area contributed by atoms with Crippen molar-refractivity contribution in [1.29, 1.82) is 0 Å². The number of carbonyl (C=O) groups excluding carboxylic acids is 2. The number of Topliss-reactive ketones (excluding diaryl/α,β-unsaturated/α-hetero) is 1. The first kappa shape index (κ1) is 17.9. The molecule has 3 N–H and O–H groups in total. The molecular formula is C20H26O6. The van der Waals surface area contributed by atoms with Crippen LogP contribution in [0.2, 0.25) is 0 Å². The highest BCUT2D eigenvalue weighted by molar-refractivity contribution is 6.10. The highest BCUT2D eigenvalue weighted by atomic mass is 16.7. The fourth-order valence-corrected chi connectivity index (χ4v) is 6.25. The Morgan fingerprint density at radius 1 is 1.23 bits per heavy atom. The van der Waals surface area contributed by atoms with E-state index >= 15 is 0 Å². The van der Waals surface area contributed by atoms with E-state index in [1.54, 1.807) is 19.1 Å². The fourth-order valence-electron chi connectivity index (χ4n) is 6.25. The molecule has 1 heterocycles. The fraction of sp³-hybridized carbons (Fsp3) is 0.700. The van der Waals surface area contributed by atoms with Gasteiger partial charge in [0, 0.05) is 11.0 Å². The second-order valence-corrected chi connectivity index (χ2v) is 9.42. The van der Waals surface area contributed by atoms with Gasteiger partial charge in [-0.05, 0) is 24.7 Å². The Bertz CT molecular complexity index is 768. The third-order valence-electron chi connectivity index (χ3n) is 7.39. The Labute approximate surface area is 152 Å². The average Bonchev–Trinajstić information content (AvgIpc) is 2.78. The van der Waals surface area contributed by atoms with Gasteiger partial charge in [0.2, 0.25) is 5.78 Å². The molecule has 0 aromatic carbocycles. The van der Waals surface area contributed by atoms with Gasteiger partial charge in [-0.3, -0.25) is 9.59 Å². The largest absolute Gasteiger partial charge is 0.424 e. The van der Waals surface area contributed by atoms with E-state index in [1.165, 1.54) is 0 Å². The highest BCUT2D eigenvalue weighted by Gasteiger charge is 2.85. The van der Waals surface area contributed by atoms with Crippen molar-refractivity contribution in [1.82, 2.24) is 0 Å². The van der Waals surface area contributed by atoms with Gasteiger partial charge in [0.15, 0.2) is 0 Å². The van der Waals surface area contributed by atoms with E-state index < -0.39 is 51.4 Å². The second-order valence-electron chi connectivity index (χ2n) is 9.42. The van der Waals surface area contributed by atoms with E-state index in [2.05, 4.69) is 6.58 Å². The molecule has 2 saturated carbocycles. The van der Waals surface area contributed by atoms with Gasteiger partial charge in [-0.25, -0.2) is 0 Å². The van der Waals surface area contributed by atoms with Gasteiger partial charge in [0.25, 0.3) is 5.79 Å². The van der Waals surface area contributed by atoms with Crippen LogP contribution in [0.1, 0.15) is 46.5 Å². The number of hydrogen-bond acceptors (Lipinski definition) is 6. The van der Waals surface area contributed by atoms with Crippen LogP contribution in [0.25, 0.3) is 0 Å². The zero-order chi connectivity index (χ0) is 19.3. The van der Waals surface area contributed by atoms with Gasteiger partial charge in [0.05, 0.1) is 12.0 Å². The smallest absolute Gasteiger partial charge is 0.318 e. The zero-order valence-corrected chi connectivity index (χ0v) is 15.4. The third kappa shape index (κ3) is 1.65. The lowest BCUT2D eigenvalue weighted by Gasteiger charge is -2.60. The Hall–Kier alpha value is -1.50. The number of esters is 1. The molecule has 6 atom stereocenters. The molecule has 3 aliphatic carbocycles. The number of carbonyl (C=O) groups is 2. The topological polar surface area (TPSA) is 104 Å². The molecule has 0 aromatic heterocycles. The Morgan fingerprint density at radius 3 is 2.50 bits per heavy atom. The minimum absolute atomic E-state index is 0.124. The SMILES string of the molecule is C=C[C@]1(C)C=C2C(=O)[C@@]3(O)OC(=O)[C@@]4(CCCC(C)(C)C34)[C@@]2(O)[C@H](O)C1. The average molecular weight is 362 g/mol. The maximum atomic E-state index is 13.3. The summed E-state index contributed by atoms with van der Waals surface area (Å²) in [5.74, 6) is -4.84. The van der Waals surface area contributed by atoms with Crippen LogP contribution in [0, 0.1) is 22.2 Å². The maximum absolute atomic E-state index is 13.3. The Kier molecular flexibility index (Phi) is 3.21. The molecule has 142 valence electrons. The highest BCUT2D eigenvalue weighted by Crippen LogP contribution is 2.71. The molecule has 4 rings (SSSR count). The normalized spacial score (nSPS) is 51.8. The summed E-state index contributed by atoms with van der Waals surface area (Å²) in [5.41, 5.74) is -5.08. The van der Waals surface area contributed by atoms with Crippen LogP contribution in [0.15, 0.2) is 24.3 Å². The van der Waals surface area contributed by atoms with E-state index in [0.29, 0.717) is 12.8 Å². The lowest BCUT2D eigenvalue weighted by atomic mass is 9.42. The zero-order valence-electron chi connectivity index (χ0n) is 15.4. The summed E-state index contributed by atoms with van der Waals surface area (Å²) < 4.78 is 5.30. The lowest BCUT2D eigenvalue weighted by molar-refractivity contribution is -0.247. The van der Waals surface area contributed by atoms with Gasteiger partial charge in [-0.15, -0.1) is 6.58 Å². The first-order valence-corrected chi connectivity index (χ1v) is 9.17. The van der Waals surface area contributed by atoms with Crippen molar-refractivity contribution in [3.8, 4) is 0 Å².